The molecule has 0 aliphatic carbocycles. The largest absolute Gasteiger partial charge is 0.461 e. The Morgan fingerprint density at radius 2 is 1.69 bits per heavy atom. The zero-order valence-electron chi connectivity index (χ0n) is 16.0. The maximum absolute atomic E-state index is 12.7. The van der Waals surface area contributed by atoms with Crippen LogP contribution in [0.3, 0.4) is 0 Å². The summed E-state index contributed by atoms with van der Waals surface area (Å²) in [7, 11) is -3.61. The van der Waals surface area contributed by atoms with E-state index in [9.17, 15) is 18.0 Å². The molecule has 0 spiro atoms. The van der Waals surface area contributed by atoms with E-state index in [1.54, 1.807) is 36.4 Å². The normalized spacial score (nSPS) is 15.0. The first-order valence-electron chi connectivity index (χ1n) is 9.37. The topological polar surface area (TPSA) is 90.0 Å². The number of Topliss-reactive ketones (excluding diaryl/α,β-unsaturated/α-hetero) is 1. The van der Waals surface area contributed by atoms with E-state index in [-0.39, 0.29) is 30.1 Å². The molecule has 8 heteroatoms. The van der Waals surface area contributed by atoms with E-state index in [1.807, 2.05) is 6.07 Å². The van der Waals surface area contributed by atoms with Gasteiger partial charge in [0.25, 0.3) is 0 Å². The van der Waals surface area contributed by atoms with Gasteiger partial charge >= 0.3 is 5.97 Å². The van der Waals surface area contributed by atoms with Crippen LogP contribution >= 0.6 is 0 Å². The fourth-order valence-electron chi connectivity index (χ4n) is 2.95. The number of sulfonamides is 1. The van der Waals surface area contributed by atoms with Crippen LogP contribution in [0.15, 0.2) is 59.5 Å². The van der Waals surface area contributed by atoms with Crippen LogP contribution in [0, 0.1) is 0 Å². The van der Waals surface area contributed by atoms with Gasteiger partial charge in [0, 0.05) is 25.1 Å². The molecule has 0 atom stereocenters. The Bertz CT molecular complexity index is 952. The van der Waals surface area contributed by atoms with Crippen molar-refractivity contribution in [2.45, 2.75) is 24.3 Å². The summed E-state index contributed by atoms with van der Waals surface area (Å²) in [6.07, 6.45) is 0.0355. The fourth-order valence-corrected chi connectivity index (χ4v) is 4.43. The summed E-state index contributed by atoms with van der Waals surface area (Å²) in [6.45, 7) is 1.33. The Morgan fingerprint density at radius 1 is 0.966 bits per heavy atom. The molecular formula is C21H23NO6S. The highest BCUT2D eigenvalue weighted by Crippen LogP contribution is 2.19. The van der Waals surface area contributed by atoms with E-state index in [0.29, 0.717) is 37.4 Å². The van der Waals surface area contributed by atoms with Gasteiger partial charge in [-0.25, -0.2) is 8.42 Å². The van der Waals surface area contributed by atoms with Crippen LogP contribution in [0.2, 0.25) is 0 Å². The second kappa shape index (κ2) is 9.78. The van der Waals surface area contributed by atoms with Crippen LogP contribution in [0.4, 0.5) is 0 Å². The number of rotatable bonds is 8. The van der Waals surface area contributed by atoms with Crippen LogP contribution < -0.4 is 0 Å². The quantitative estimate of drug-likeness (QED) is 0.484. The summed E-state index contributed by atoms with van der Waals surface area (Å²) >= 11 is 0. The van der Waals surface area contributed by atoms with E-state index in [4.69, 9.17) is 9.47 Å². The van der Waals surface area contributed by atoms with E-state index >= 15 is 0 Å². The minimum Gasteiger partial charge on any atom is -0.461 e. The maximum atomic E-state index is 12.7. The predicted octanol–water partition coefficient (Wildman–Crippen LogP) is 2.41. The number of carbonyl (C=O) groups excluding carboxylic acids is 2. The van der Waals surface area contributed by atoms with Crippen molar-refractivity contribution < 1.29 is 27.5 Å². The molecule has 1 fully saturated rings. The first kappa shape index (κ1) is 21.2. The van der Waals surface area contributed by atoms with Gasteiger partial charge in [-0.05, 0) is 17.7 Å². The summed E-state index contributed by atoms with van der Waals surface area (Å²) in [5.74, 6) is -0.628. The molecule has 0 radical (unpaired) electrons. The van der Waals surface area contributed by atoms with Crippen molar-refractivity contribution in [1.82, 2.24) is 4.31 Å². The molecule has 0 saturated carbocycles. The highest BCUT2D eigenvalue weighted by Gasteiger charge is 2.26. The van der Waals surface area contributed by atoms with Gasteiger partial charge in [-0.3, -0.25) is 9.59 Å². The summed E-state index contributed by atoms with van der Waals surface area (Å²) in [6, 6.07) is 15.1. The van der Waals surface area contributed by atoms with Gasteiger partial charge in [0.2, 0.25) is 10.0 Å². The van der Waals surface area contributed by atoms with Crippen LogP contribution in [-0.2, 0) is 30.9 Å². The number of hydrogen-bond donors (Lipinski definition) is 0. The number of esters is 1. The van der Waals surface area contributed by atoms with Crippen LogP contribution in [-0.4, -0.2) is 50.8 Å². The molecule has 2 aromatic carbocycles. The highest BCUT2D eigenvalue weighted by molar-refractivity contribution is 7.89. The summed E-state index contributed by atoms with van der Waals surface area (Å²) < 4.78 is 37.2. The third-order valence-corrected chi connectivity index (χ3v) is 6.45. The summed E-state index contributed by atoms with van der Waals surface area (Å²) in [5.41, 5.74) is 1.13. The van der Waals surface area contributed by atoms with E-state index in [1.165, 1.54) is 16.4 Å². The van der Waals surface area contributed by atoms with Crippen LogP contribution in [0.5, 0.6) is 0 Å². The summed E-state index contributed by atoms with van der Waals surface area (Å²) in [4.78, 5) is 24.2. The smallest absolute Gasteiger partial charge is 0.306 e. The van der Waals surface area contributed by atoms with Crippen molar-refractivity contribution in [3.05, 3.63) is 65.7 Å². The van der Waals surface area contributed by atoms with Crippen LogP contribution in [0.25, 0.3) is 0 Å². The third kappa shape index (κ3) is 5.72. The zero-order chi connectivity index (χ0) is 20.7. The van der Waals surface area contributed by atoms with Crippen LogP contribution in [0.1, 0.15) is 28.8 Å². The van der Waals surface area contributed by atoms with Crippen molar-refractivity contribution >= 4 is 21.8 Å². The standard InChI is InChI=1S/C21H23NO6S/c23-20(18-6-2-1-3-7-18)9-10-21(24)28-16-17-5-4-8-19(15-17)29(25,26)22-11-13-27-14-12-22/h1-8,15H,9-14,16H2. The molecular weight excluding hydrogens is 394 g/mol. The lowest BCUT2D eigenvalue weighted by atomic mass is 10.1. The molecule has 0 amide bonds. The van der Waals surface area contributed by atoms with Gasteiger partial charge in [0.15, 0.2) is 5.78 Å². The van der Waals surface area contributed by atoms with E-state index < -0.39 is 16.0 Å². The molecule has 1 aliphatic heterocycles. The number of ether oxygens (including phenoxy) is 2. The molecule has 7 nitrogen and oxygen atoms in total. The Morgan fingerprint density at radius 3 is 2.41 bits per heavy atom. The second-order valence-electron chi connectivity index (χ2n) is 6.61. The first-order valence-corrected chi connectivity index (χ1v) is 10.8. The molecule has 29 heavy (non-hydrogen) atoms. The number of nitrogens with zero attached hydrogens (tertiary/aromatic N) is 1. The van der Waals surface area contributed by atoms with Crippen molar-refractivity contribution in [3.63, 3.8) is 0 Å². The monoisotopic (exact) mass is 417 g/mol. The lowest BCUT2D eigenvalue weighted by Crippen LogP contribution is -2.40. The van der Waals surface area contributed by atoms with Gasteiger partial charge in [-0.2, -0.15) is 4.31 Å². The maximum Gasteiger partial charge on any atom is 0.306 e. The minimum atomic E-state index is -3.61. The Labute approximate surface area is 170 Å². The fraction of sp³-hybridized carbons (Fsp3) is 0.333. The lowest BCUT2D eigenvalue weighted by Gasteiger charge is -2.26. The molecule has 0 aromatic heterocycles. The van der Waals surface area contributed by atoms with Crippen molar-refractivity contribution in [1.29, 1.82) is 0 Å². The molecule has 2 aromatic rings. The number of carbonyl (C=O) groups is 2. The SMILES string of the molecule is O=C(CCC(=O)c1ccccc1)OCc1cccc(S(=O)(=O)N2CCOCC2)c1. The zero-order valence-corrected chi connectivity index (χ0v) is 16.8. The molecule has 3 rings (SSSR count). The van der Waals surface area contributed by atoms with Gasteiger partial charge < -0.3 is 9.47 Å². The molecule has 1 aliphatic rings. The Hall–Kier alpha value is -2.55. The second-order valence-corrected chi connectivity index (χ2v) is 8.55. The van der Waals surface area contributed by atoms with Crippen molar-refractivity contribution in [2.75, 3.05) is 26.3 Å². The average Bonchev–Trinajstić information content (AvgIpc) is 2.77. The molecule has 1 saturated heterocycles. The molecule has 154 valence electrons. The third-order valence-electron chi connectivity index (χ3n) is 4.56. The first-order chi connectivity index (χ1) is 14.0. The number of ketones is 1. The number of hydrogen-bond acceptors (Lipinski definition) is 6. The molecule has 1 heterocycles. The Balaban J connectivity index is 1.53. The molecule has 0 bridgehead atoms. The van der Waals surface area contributed by atoms with Gasteiger partial charge in [0.1, 0.15) is 6.61 Å². The highest BCUT2D eigenvalue weighted by atomic mass is 32.2. The Kier molecular flexibility index (Phi) is 7.13. The predicted molar refractivity (Wildman–Crippen MR) is 106 cm³/mol. The van der Waals surface area contributed by atoms with Gasteiger partial charge in [-0.15, -0.1) is 0 Å². The van der Waals surface area contributed by atoms with E-state index in [2.05, 4.69) is 0 Å². The lowest BCUT2D eigenvalue weighted by molar-refractivity contribution is -0.144. The van der Waals surface area contributed by atoms with Gasteiger partial charge in [0.05, 0.1) is 24.5 Å². The summed E-state index contributed by atoms with van der Waals surface area (Å²) in [5, 5.41) is 0. The average molecular weight is 417 g/mol. The molecule has 0 unspecified atom stereocenters. The van der Waals surface area contributed by atoms with Gasteiger partial charge in [-0.1, -0.05) is 42.5 Å². The number of benzene rings is 2. The van der Waals surface area contributed by atoms with Crippen molar-refractivity contribution in [2.24, 2.45) is 0 Å². The van der Waals surface area contributed by atoms with E-state index in [0.717, 1.165) is 0 Å². The molecule has 0 N–H and O–H groups in total. The number of morpholine rings is 1. The minimum absolute atomic E-state index is 0.0283. The van der Waals surface area contributed by atoms with Crippen molar-refractivity contribution in [3.8, 4) is 0 Å².